The van der Waals surface area contributed by atoms with E-state index in [-0.39, 0.29) is 6.04 Å². The van der Waals surface area contributed by atoms with Gasteiger partial charge in [0.1, 0.15) is 0 Å². The lowest BCUT2D eigenvalue weighted by Gasteiger charge is -2.10. The zero-order valence-corrected chi connectivity index (χ0v) is 12.2. The lowest BCUT2D eigenvalue weighted by atomic mass is 10.0. The fraction of sp³-hybridized carbons (Fsp3) is 0.286. The van der Waals surface area contributed by atoms with E-state index in [4.69, 9.17) is 5.73 Å². The normalized spacial score (nSPS) is 12.6. The van der Waals surface area contributed by atoms with Crippen LogP contribution >= 0.6 is 27.3 Å². The molecule has 0 aliphatic carbocycles. The third-order valence-electron chi connectivity index (χ3n) is 2.67. The van der Waals surface area contributed by atoms with Crippen LogP contribution in [0, 0.1) is 6.92 Å². The molecule has 1 unspecified atom stereocenters. The Morgan fingerprint density at radius 1 is 1.29 bits per heavy atom. The van der Waals surface area contributed by atoms with Gasteiger partial charge in [0.05, 0.1) is 0 Å². The van der Waals surface area contributed by atoms with Crippen molar-refractivity contribution in [2.24, 2.45) is 5.73 Å². The molecular weight excluding hydrogens is 294 g/mol. The molecule has 1 atom stereocenters. The Balaban J connectivity index is 1.95. The fourth-order valence-corrected chi connectivity index (χ4v) is 3.48. The molecule has 1 nitrogen and oxygen atoms in total. The smallest absolute Gasteiger partial charge is 0.0285 e. The van der Waals surface area contributed by atoms with Crippen molar-refractivity contribution in [1.29, 1.82) is 0 Å². The number of rotatable bonds is 4. The van der Waals surface area contributed by atoms with Crippen LogP contribution in [0.5, 0.6) is 0 Å². The van der Waals surface area contributed by atoms with Crippen LogP contribution in [0.15, 0.2) is 40.2 Å². The summed E-state index contributed by atoms with van der Waals surface area (Å²) in [5.41, 5.74) is 8.82. The van der Waals surface area contributed by atoms with E-state index in [1.807, 2.05) is 0 Å². The largest absolute Gasteiger partial charge is 0.327 e. The minimum atomic E-state index is 0.197. The molecule has 2 rings (SSSR count). The van der Waals surface area contributed by atoms with Crippen LogP contribution in [0.2, 0.25) is 0 Å². The molecule has 0 saturated heterocycles. The zero-order valence-electron chi connectivity index (χ0n) is 9.82. The highest BCUT2D eigenvalue weighted by Crippen LogP contribution is 2.21. The van der Waals surface area contributed by atoms with Gasteiger partial charge < -0.3 is 5.73 Å². The lowest BCUT2D eigenvalue weighted by molar-refractivity contribution is 0.670. The van der Waals surface area contributed by atoms with Crippen molar-refractivity contribution < 1.29 is 0 Å². The highest BCUT2D eigenvalue weighted by Gasteiger charge is 2.07. The van der Waals surface area contributed by atoms with Crippen molar-refractivity contribution in [3.05, 3.63) is 56.2 Å². The minimum absolute atomic E-state index is 0.197. The van der Waals surface area contributed by atoms with E-state index < -0.39 is 0 Å². The molecule has 1 heterocycles. The van der Waals surface area contributed by atoms with Crippen LogP contribution in [-0.4, -0.2) is 6.04 Å². The van der Waals surface area contributed by atoms with E-state index in [0.29, 0.717) is 0 Å². The third kappa shape index (κ3) is 3.95. The molecule has 0 radical (unpaired) electrons. The van der Waals surface area contributed by atoms with Crippen LogP contribution in [0.25, 0.3) is 0 Å². The van der Waals surface area contributed by atoms with Crippen molar-refractivity contribution in [2.75, 3.05) is 0 Å². The zero-order chi connectivity index (χ0) is 12.3. The van der Waals surface area contributed by atoms with Crippen LogP contribution < -0.4 is 5.73 Å². The van der Waals surface area contributed by atoms with Gasteiger partial charge in [0.25, 0.3) is 0 Å². The van der Waals surface area contributed by atoms with Gasteiger partial charge in [-0.15, -0.1) is 11.3 Å². The van der Waals surface area contributed by atoms with Crippen molar-refractivity contribution >= 4 is 27.3 Å². The third-order valence-corrected chi connectivity index (χ3v) is 4.39. The highest BCUT2D eigenvalue weighted by molar-refractivity contribution is 9.10. The van der Waals surface area contributed by atoms with Gasteiger partial charge in [-0.1, -0.05) is 29.8 Å². The molecule has 0 bridgehead atoms. The van der Waals surface area contributed by atoms with Crippen LogP contribution in [-0.2, 0) is 12.8 Å². The van der Waals surface area contributed by atoms with E-state index in [1.165, 1.54) is 16.0 Å². The second-order valence-corrected chi connectivity index (χ2v) is 6.30. The predicted molar refractivity (Wildman–Crippen MR) is 78.6 cm³/mol. The molecule has 0 aliphatic heterocycles. The first kappa shape index (κ1) is 12.8. The van der Waals surface area contributed by atoms with E-state index in [0.717, 1.165) is 17.3 Å². The van der Waals surface area contributed by atoms with Crippen LogP contribution in [0.4, 0.5) is 0 Å². The lowest BCUT2D eigenvalue weighted by Crippen LogP contribution is -2.25. The fourth-order valence-electron chi connectivity index (χ4n) is 1.93. The molecule has 17 heavy (non-hydrogen) atoms. The van der Waals surface area contributed by atoms with Crippen molar-refractivity contribution in [2.45, 2.75) is 25.8 Å². The monoisotopic (exact) mass is 309 g/mol. The SMILES string of the molecule is Cc1cccc(CC(N)Cc2cc(Br)cs2)c1. The average molecular weight is 310 g/mol. The standard InChI is InChI=1S/C14H16BrNS/c1-10-3-2-4-11(5-10)6-13(16)8-14-7-12(15)9-17-14/h2-5,7,9,13H,6,8,16H2,1H3. The van der Waals surface area contributed by atoms with Gasteiger partial charge in [-0.05, 0) is 47.3 Å². The van der Waals surface area contributed by atoms with Crippen LogP contribution in [0.1, 0.15) is 16.0 Å². The minimum Gasteiger partial charge on any atom is -0.327 e. The molecule has 0 aliphatic rings. The number of aryl methyl sites for hydroxylation is 1. The molecule has 3 heteroatoms. The molecule has 0 fully saturated rings. The number of hydrogen-bond acceptors (Lipinski definition) is 2. The number of thiophene rings is 1. The summed E-state index contributed by atoms with van der Waals surface area (Å²) in [7, 11) is 0. The summed E-state index contributed by atoms with van der Waals surface area (Å²) in [5.74, 6) is 0. The van der Waals surface area contributed by atoms with Gasteiger partial charge in [-0.2, -0.15) is 0 Å². The van der Waals surface area contributed by atoms with Gasteiger partial charge in [0.2, 0.25) is 0 Å². The van der Waals surface area contributed by atoms with Gasteiger partial charge in [0.15, 0.2) is 0 Å². The summed E-state index contributed by atoms with van der Waals surface area (Å²) < 4.78 is 1.15. The topological polar surface area (TPSA) is 26.0 Å². The number of halogens is 1. The Bertz CT molecular complexity index is 492. The quantitative estimate of drug-likeness (QED) is 0.910. The Kier molecular flexibility index (Phi) is 4.37. The van der Waals surface area contributed by atoms with Crippen molar-refractivity contribution in [3.63, 3.8) is 0 Å². The maximum Gasteiger partial charge on any atom is 0.0285 e. The molecule has 0 saturated carbocycles. The predicted octanol–water partition coefficient (Wildman–Crippen LogP) is 3.93. The van der Waals surface area contributed by atoms with Gasteiger partial charge in [0, 0.05) is 20.8 Å². The first-order valence-electron chi connectivity index (χ1n) is 5.67. The average Bonchev–Trinajstić information content (AvgIpc) is 2.63. The van der Waals surface area contributed by atoms with Crippen LogP contribution in [0.3, 0.4) is 0 Å². The maximum atomic E-state index is 6.19. The Labute approximate surface area is 115 Å². The number of benzene rings is 1. The summed E-state index contributed by atoms with van der Waals surface area (Å²) in [5, 5.41) is 2.11. The highest BCUT2D eigenvalue weighted by atomic mass is 79.9. The number of hydrogen-bond donors (Lipinski definition) is 1. The Morgan fingerprint density at radius 2 is 2.12 bits per heavy atom. The molecule has 2 aromatic rings. The van der Waals surface area contributed by atoms with E-state index >= 15 is 0 Å². The molecule has 1 aromatic carbocycles. The van der Waals surface area contributed by atoms with Crippen molar-refractivity contribution in [1.82, 2.24) is 0 Å². The van der Waals surface area contributed by atoms with Crippen molar-refractivity contribution in [3.8, 4) is 0 Å². The summed E-state index contributed by atoms with van der Waals surface area (Å²) in [4.78, 5) is 1.34. The molecule has 0 spiro atoms. The second kappa shape index (κ2) is 5.80. The second-order valence-electron chi connectivity index (χ2n) is 4.39. The van der Waals surface area contributed by atoms with Gasteiger partial charge in [-0.3, -0.25) is 0 Å². The number of nitrogens with two attached hydrogens (primary N) is 1. The van der Waals surface area contributed by atoms with E-state index in [9.17, 15) is 0 Å². The molecule has 90 valence electrons. The Hall–Kier alpha value is -0.640. The summed E-state index contributed by atoms with van der Waals surface area (Å²) in [6.45, 7) is 2.12. The molecule has 1 aromatic heterocycles. The summed E-state index contributed by atoms with van der Waals surface area (Å²) in [6.07, 6.45) is 1.89. The molecular formula is C14H16BrNS. The van der Waals surface area contributed by atoms with Gasteiger partial charge >= 0.3 is 0 Å². The Morgan fingerprint density at radius 3 is 2.76 bits per heavy atom. The molecule has 2 N–H and O–H groups in total. The molecule has 0 amide bonds. The maximum absolute atomic E-state index is 6.19. The first-order chi connectivity index (χ1) is 8.13. The van der Waals surface area contributed by atoms with E-state index in [1.54, 1.807) is 11.3 Å². The summed E-state index contributed by atoms with van der Waals surface area (Å²) in [6, 6.07) is 10.9. The van der Waals surface area contributed by atoms with E-state index in [2.05, 4.69) is 58.6 Å². The summed E-state index contributed by atoms with van der Waals surface area (Å²) >= 11 is 5.23. The van der Waals surface area contributed by atoms with Gasteiger partial charge in [-0.25, -0.2) is 0 Å². The first-order valence-corrected chi connectivity index (χ1v) is 7.35.